The van der Waals surface area contributed by atoms with Crippen LogP contribution in [0.4, 0.5) is 0 Å². The van der Waals surface area contributed by atoms with E-state index in [1.165, 1.54) is 0 Å². The minimum absolute atomic E-state index is 0. The van der Waals surface area contributed by atoms with Crippen molar-refractivity contribution in [3.63, 3.8) is 0 Å². The number of nitrogens with two attached hydrogens (primary N) is 1. The number of nitrogens with zero attached hydrogens (tertiary/aromatic N) is 2. The van der Waals surface area contributed by atoms with Gasteiger partial charge in [0.15, 0.2) is 0 Å². The van der Waals surface area contributed by atoms with Crippen LogP contribution in [-0.2, 0) is 9.59 Å². The first-order chi connectivity index (χ1) is 9.18. The number of hydrogen-bond donors (Lipinski definition) is 1. The van der Waals surface area contributed by atoms with Gasteiger partial charge in [-0.05, 0) is 5.92 Å². The van der Waals surface area contributed by atoms with Crippen LogP contribution >= 0.6 is 12.4 Å². The van der Waals surface area contributed by atoms with Crippen LogP contribution in [0, 0.1) is 11.3 Å². The van der Waals surface area contributed by atoms with E-state index in [9.17, 15) is 9.59 Å². The summed E-state index contributed by atoms with van der Waals surface area (Å²) in [6.45, 7) is 12.2. The molecular formula is C15H30ClN3O2. The average molecular weight is 320 g/mol. The Kier molecular flexibility index (Phi) is 7.68. The number of carbonyl (C=O) groups excluding carboxylic acids is 2. The Bertz CT molecular complexity index is 360. The molecule has 2 N–H and O–H groups in total. The lowest BCUT2D eigenvalue weighted by Gasteiger charge is -2.39. The van der Waals surface area contributed by atoms with Gasteiger partial charge < -0.3 is 15.5 Å². The molecule has 0 aromatic rings. The first kappa shape index (κ1) is 20.2. The SMILES string of the molecule is CCC(C)C(N)C(=O)N1CCN(C(=O)C(C)(C)C)CC1.Cl. The monoisotopic (exact) mass is 319 g/mol. The fourth-order valence-electron chi connectivity index (χ4n) is 2.31. The van der Waals surface area contributed by atoms with Crippen LogP contribution in [0.25, 0.3) is 0 Å². The summed E-state index contributed by atoms with van der Waals surface area (Å²) in [6.07, 6.45) is 0.898. The van der Waals surface area contributed by atoms with E-state index in [0.717, 1.165) is 6.42 Å². The summed E-state index contributed by atoms with van der Waals surface area (Å²) in [5.74, 6) is 0.356. The Morgan fingerprint density at radius 2 is 1.52 bits per heavy atom. The summed E-state index contributed by atoms with van der Waals surface area (Å²) in [6, 6.07) is -0.426. The maximum atomic E-state index is 12.3. The molecule has 0 aromatic carbocycles. The van der Waals surface area contributed by atoms with Crippen molar-refractivity contribution < 1.29 is 9.59 Å². The average Bonchev–Trinajstić information content (AvgIpc) is 2.43. The second-order valence-corrected chi connectivity index (χ2v) is 6.78. The van der Waals surface area contributed by atoms with E-state index < -0.39 is 6.04 Å². The topological polar surface area (TPSA) is 66.6 Å². The highest BCUT2D eigenvalue weighted by atomic mass is 35.5. The summed E-state index contributed by atoms with van der Waals surface area (Å²) in [4.78, 5) is 28.1. The maximum absolute atomic E-state index is 12.3. The molecule has 2 amide bonds. The summed E-state index contributed by atoms with van der Waals surface area (Å²) in [7, 11) is 0. The lowest BCUT2D eigenvalue weighted by Crippen LogP contribution is -2.56. The van der Waals surface area contributed by atoms with Crippen molar-refractivity contribution in [3.05, 3.63) is 0 Å². The van der Waals surface area contributed by atoms with Crippen molar-refractivity contribution in [1.29, 1.82) is 0 Å². The zero-order valence-electron chi connectivity index (χ0n) is 13.9. The van der Waals surface area contributed by atoms with Gasteiger partial charge in [0.1, 0.15) is 0 Å². The van der Waals surface area contributed by atoms with E-state index in [1.54, 1.807) is 4.90 Å². The van der Waals surface area contributed by atoms with Crippen LogP contribution in [0.5, 0.6) is 0 Å². The van der Waals surface area contributed by atoms with Gasteiger partial charge in [-0.25, -0.2) is 0 Å². The number of piperazine rings is 1. The molecule has 124 valence electrons. The molecule has 1 rings (SSSR count). The standard InChI is InChI=1S/C15H29N3O2.ClH/c1-6-11(2)12(16)13(19)17-7-9-18(10-8-17)14(20)15(3,4)5;/h11-12H,6-10,16H2,1-5H3;1H. The van der Waals surface area contributed by atoms with E-state index in [4.69, 9.17) is 5.73 Å². The van der Waals surface area contributed by atoms with Crippen LogP contribution in [0.1, 0.15) is 41.0 Å². The molecule has 1 aliphatic heterocycles. The molecule has 0 saturated carbocycles. The Morgan fingerprint density at radius 1 is 1.10 bits per heavy atom. The van der Waals surface area contributed by atoms with Crippen molar-refractivity contribution in [3.8, 4) is 0 Å². The van der Waals surface area contributed by atoms with Crippen LogP contribution in [0.3, 0.4) is 0 Å². The van der Waals surface area contributed by atoms with Crippen LogP contribution in [-0.4, -0.2) is 53.8 Å². The third-order valence-corrected chi connectivity index (χ3v) is 4.06. The number of carbonyl (C=O) groups is 2. The van der Waals surface area contributed by atoms with Gasteiger partial charge in [0, 0.05) is 31.6 Å². The molecule has 0 aliphatic carbocycles. The summed E-state index contributed by atoms with van der Waals surface area (Å²) in [5.41, 5.74) is 5.63. The van der Waals surface area contributed by atoms with Crippen LogP contribution in [0.2, 0.25) is 0 Å². The first-order valence-electron chi connectivity index (χ1n) is 7.52. The summed E-state index contributed by atoms with van der Waals surface area (Å²) < 4.78 is 0. The molecule has 0 aromatic heterocycles. The van der Waals surface area contributed by atoms with Crippen molar-refractivity contribution >= 4 is 24.2 Å². The zero-order valence-corrected chi connectivity index (χ0v) is 14.7. The van der Waals surface area contributed by atoms with Crippen molar-refractivity contribution in [1.82, 2.24) is 9.80 Å². The highest BCUT2D eigenvalue weighted by Gasteiger charge is 2.32. The smallest absolute Gasteiger partial charge is 0.239 e. The number of hydrogen-bond acceptors (Lipinski definition) is 3. The molecule has 1 heterocycles. The Morgan fingerprint density at radius 3 is 1.90 bits per heavy atom. The van der Waals surface area contributed by atoms with Crippen LogP contribution < -0.4 is 5.73 Å². The van der Waals surface area contributed by atoms with Gasteiger partial charge in [-0.2, -0.15) is 0 Å². The van der Waals surface area contributed by atoms with E-state index >= 15 is 0 Å². The highest BCUT2D eigenvalue weighted by Crippen LogP contribution is 2.19. The van der Waals surface area contributed by atoms with Crippen molar-refractivity contribution in [2.75, 3.05) is 26.2 Å². The zero-order chi connectivity index (χ0) is 15.5. The molecule has 1 fully saturated rings. The second-order valence-electron chi connectivity index (χ2n) is 6.78. The Balaban J connectivity index is 0.00000400. The fourth-order valence-corrected chi connectivity index (χ4v) is 2.31. The molecule has 5 nitrogen and oxygen atoms in total. The number of halogens is 1. The molecule has 1 aliphatic rings. The predicted octanol–water partition coefficient (Wildman–Crippen LogP) is 1.50. The summed E-state index contributed by atoms with van der Waals surface area (Å²) in [5, 5.41) is 0. The minimum atomic E-state index is -0.426. The Labute approximate surface area is 134 Å². The number of rotatable bonds is 3. The molecule has 2 unspecified atom stereocenters. The molecule has 21 heavy (non-hydrogen) atoms. The molecule has 0 radical (unpaired) electrons. The van der Waals surface area contributed by atoms with Gasteiger partial charge in [0.25, 0.3) is 0 Å². The third kappa shape index (κ3) is 5.15. The molecule has 0 spiro atoms. The first-order valence-corrected chi connectivity index (χ1v) is 7.52. The normalized spacial score (nSPS) is 18.8. The van der Waals surface area contributed by atoms with Gasteiger partial charge in [0.05, 0.1) is 6.04 Å². The Hall–Kier alpha value is -0.810. The van der Waals surface area contributed by atoms with Crippen molar-refractivity contribution in [2.24, 2.45) is 17.1 Å². The lowest BCUT2D eigenvalue weighted by molar-refractivity contribution is -0.145. The second kappa shape index (κ2) is 7.99. The highest BCUT2D eigenvalue weighted by molar-refractivity contribution is 5.85. The quantitative estimate of drug-likeness (QED) is 0.857. The molecular weight excluding hydrogens is 290 g/mol. The third-order valence-electron chi connectivity index (χ3n) is 4.06. The van der Waals surface area contributed by atoms with E-state index in [-0.39, 0.29) is 35.6 Å². The van der Waals surface area contributed by atoms with Gasteiger partial charge in [-0.15, -0.1) is 12.4 Å². The molecule has 6 heteroatoms. The summed E-state index contributed by atoms with van der Waals surface area (Å²) >= 11 is 0. The van der Waals surface area contributed by atoms with Gasteiger partial charge in [0.2, 0.25) is 11.8 Å². The van der Waals surface area contributed by atoms with Crippen molar-refractivity contribution in [2.45, 2.75) is 47.1 Å². The molecule has 2 atom stereocenters. The molecule has 1 saturated heterocycles. The largest absolute Gasteiger partial charge is 0.339 e. The van der Waals surface area contributed by atoms with Gasteiger partial charge in [-0.1, -0.05) is 41.0 Å². The fraction of sp³-hybridized carbons (Fsp3) is 0.867. The minimum Gasteiger partial charge on any atom is -0.339 e. The molecule has 0 bridgehead atoms. The maximum Gasteiger partial charge on any atom is 0.239 e. The number of amides is 2. The van der Waals surface area contributed by atoms with Crippen LogP contribution in [0.15, 0.2) is 0 Å². The van der Waals surface area contributed by atoms with E-state index in [0.29, 0.717) is 26.2 Å². The van der Waals surface area contributed by atoms with Gasteiger partial charge >= 0.3 is 0 Å². The van der Waals surface area contributed by atoms with Gasteiger partial charge in [-0.3, -0.25) is 9.59 Å². The van der Waals surface area contributed by atoms with E-state index in [1.807, 2.05) is 39.5 Å². The lowest BCUT2D eigenvalue weighted by atomic mass is 9.94. The van der Waals surface area contributed by atoms with E-state index in [2.05, 4.69) is 0 Å². The predicted molar refractivity (Wildman–Crippen MR) is 87.3 cm³/mol.